The van der Waals surface area contributed by atoms with Gasteiger partial charge in [-0.25, -0.2) is 0 Å². The monoisotopic (exact) mass is 1060 g/mol. The van der Waals surface area contributed by atoms with E-state index in [-0.39, 0.29) is 37.5 Å². The summed E-state index contributed by atoms with van der Waals surface area (Å²) < 4.78 is 16.9. The Bertz CT molecular complexity index is 1700. The Balaban J connectivity index is 4.52. The van der Waals surface area contributed by atoms with Crippen LogP contribution in [0.4, 0.5) is 0 Å². The van der Waals surface area contributed by atoms with Crippen LogP contribution in [0.25, 0.3) is 0 Å². The maximum absolute atomic E-state index is 12.9. The molecular weight excluding hydrogens is 949 g/mol. The average Bonchev–Trinajstić information content (AvgIpc) is 3.43. The summed E-state index contributed by atoms with van der Waals surface area (Å²) in [6.07, 6.45) is 91.3. The van der Waals surface area contributed by atoms with Crippen LogP contribution in [0.5, 0.6) is 0 Å². The third kappa shape index (κ3) is 62.0. The second-order valence-electron chi connectivity index (χ2n) is 20.2. The van der Waals surface area contributed by atoms with Crippen LogP contribution < -0.4 is 0 Å². The van der Waals surface area contributed by atoms with Gasteiger partial charge in [0.05, 0.1) is 0 Å². The minimum Gasteiger partial charge on any atom is -0.462 e. The molecule has 0 saturated carbocycles. The zero-order valence-electron chi connectivity index (χ0n) is 49.7. The summed E-state index contributed by atoms with van der Waals surface area (Å²) in [7, 11) is 0. The highest BCUT2D eigenvalue weighted by Crippen LogP contribution is 2.14. The minimum absolute atomic E-state index is 0.109. The predicted molar refractivity (Wildman–Crippen MR) is 334 cm³/mol. The molecule has 0 amide bonds. The van der Waals surface area contributed by atoms with Gasteiger partial charge in [0.2, 0.25) is 0 Å². The van der Waals surface area contributed by atoms with Crippen molar-refractivity contribution in [1.82, 2.24) is 0 Å². The first-order valence-corrected chi connectivity index (χ1v) is 31.3. The fourth-order valence-electron chi connectivity index (χ4n) is 8.18. The number of rotatable bonds is 55. The maximum atomic E-state index is 12.9. The maximum Gasteiger partial charge on any atom is 0.306 e. The molecule has 1 unspecified atom stereocenters. The van der Waals surface area contributed by atoms with E-state index in [9.17, 15) is 14.4 Å². The average molecular weight is 1060 g/mol. The van der Waals surface area contributed by atoms with Gasteiger partial charge in [-0.05, 0) is 135 Å². The molecule has 0 radical (unpaired) electrons. The van der Waals surface area contributed by atoms with Crippen molar-refractivity contribution in [3.63, 3.8) is 0 Å². The highest BCUT2D eigenvalue weighted by atomic mass is 16.6. The standard InChI is InChI=1S/C71H114O6/c1-4-7-10-13-16-19-22-25-28-30-32-34-35-37-38-40-43-46-49-52-55-58-61-64-70(73)76-67-68(66-75-69(72)63-60-57-54-51-48-45-42-27-24-21-18-15-12-9-6-3)77-71(74)65-62-59-56-53-50-47-44-41-39-36-33-31-29-26-23-20-17-14-11-8-5-2/h7-8,10-11,16-17,19-20,25-29,32-34,36-38,42-43,46,52,55,68H,4-6,9,12-15,18,21-24,30-31,35,39-41,44-45,47-51,53-54,56-67H2,1-3H3/b10-7-,11-8-,19-16-,20-17-,28-25-,29-26-,34-32-,36-33-,38-37-,42-27-,46-43-,55-52-. The van der Waals surface area contributed by atoms with Gasteiger partial charge in [0.15, 0.2) is 6.10 Å². The molecule has 6 heteroatoms. The molecule has 0 aliphatic rings. The minimum atomic E-state index is -0.817. The molecule has 434 valence electrons. The van der Waals surface area contributed by atoms with Crippen molar-refractivity contribution in [2.75, 3.05) is 13.2 Å². The molecule has 6 nitrogen and oxygen atoms in total. The molecule has 0 N–H and O–H groups in total. The SMILES string of the molecule is CC/C=C\C/C=C\C/C=C\C/C=C\C/C=C\C/C=C\C/C=C\CCCC(=O)OCC(COC(=O)CCCCCCC/C=C\CCCCCCCC)OC(=O)CCCCCCCCCC/C=C\C/C=C\C/C=C\C/C=C\CC. The van der Waals surface area contributed by atoms with Crippen LogP contribution in [0.3, 0.4) is 0 Å². The molecule has 0 aromatic rings. The zero-order chi connectivity index (χ0) is 55.7. The lowest BCUT2D eigenvalue weighted by atomic mass is 10.1. The van der Waals surface area contributed by atoms with E-state index in [4.69, 9.17) is 14.2 Å². The van der Waals surface area contributed by atoms with E-state index in [0.717, 1.165) is 135 Å². The van der Waals surface area contributed by atoms with Crippen LogP contribution in [0.15, 0.2) is 146 Å². The Hall–Kier alpha value is -4.71. The fraction of sp³-hybridized carbons (Fsp3) is 0.620. The van der Waals surface area contributed by atoms with E-state index in [1.54, 1.807) is 0 Å². The Morgan fingerprint density at radius 1 is 0.273 bits per heavy atom. The molecule has 0 aromatic carbocycles. The van der Waals surface area contributed by atoms with Crippen molar-refractivity contribution in [2.24, 2.45) is 0 Å². The summed E-state index contributed by atoms with van der Waals surface area (Å²) in [4.78, 5) is 38.3. The molecule has 0 aliphatic heterocycles. The first-order valence-electron chi connectivity index (χ1n) is 31.3. The van der Waals surface area contributed by atoms with E-state index in [2.05, 4.69) is 167 Å². The molecule has 1 atom stereocenters. The Labute approximate surface area is 474 Å². The fourth-order valence-corrected chi connectivity index (χ4v) is 8.18. The summed E-state index contributed by atoms with van der Waals surface area (Å²) in [6.45, 7) is 6.35. The molecule has 77 heavy (non-hydrogen) atoms. The van der Waals surface area contributed by atoms with E-state index >= 15 is 0 Å². The van der Waals surface area contributed by atoms with Gasteiger partial charge in [0.25, 0.3) is 0 Å². The first-order chi connectivity index (χ1) is 38.0. The number of ether oxygens (including phenoxy) is 3. The third-order valence-corrected chi connectivity index (χ3v) is 12.8. The van der Waals surface area contributed by atoms with Crippen LogP contribution in [0.1, 0.15) is 265 Å². The molecule has 0 rings (SSSR count). The number of hydrogen-bond donors (Lipinski definition) is 0. The van der Waals surface area contributed by atoms with Gasteiger partial charge in [0.1, 0.15) is 13.2 Å². The lowest BCUT2D eigenvalue weighted by Gasteiger charge is -2.18. The van der Waals surface area contributed by atoms with Crippen LogP contribution in [0.2, 0.25) is 0 Å². The van der Waals surface area contributed by atoms with Gasteiger partial charge in [-0.2, -0.15) is 0 Å². The molecule has 0 saturated heterocycles. The second kappa shape index (κ2) is 63.8. The molecular formula is C71H114O6. The number of carbonyl (C=O) groups is 3. The molecule has 0 heterocycles. The van der Waals surface area contributed by atoms with Crippen LogP contribution >= 0.6 is 0 Å². The normalized spacial score (nSPS) is 13.1. The quantitative estimate of drug-likeness (QED) is 0.0261. The number of carbonyl (C=O) groups excluding carboxylic acids is 3. The van der Waals surface area contributed by atoms with Crippen LogP contribution in [0, 0.1) is 0 Å². The van der Waals surface area contributed by atoms with Gasteiger partial charge >= 0.3 is 17.9 Å². The summed E-state index contributed by atoms with van der Waals surface area (Å²) in [6, 6.07) is 0. The van der Waals surface area contributed by atoms with E-state index in [0.29, 0.717) is 19.3 Å². The van der Waals surface area contributed by atoms with Gasteiger partial charge in [0, 0.05) is 19.3 Å². The summed E-state index contributed by atoms with van der Waals surface area (Å²) in [5.74, 6) is -0.987. The Morgan fingerprint density at radius 2 is 0.519 bits per heavy atom. The topological polar surface area (TPSA) is 78.9 Å². The number of unbranched alkanes of at least 4 members (excludes halogenated alkanes) is 20. The van der Waals surface area contributed by atoms with E-state index in [1.807, 2.05) is 0 Å². The molecule has 0 aliphatic carbocycles. The highest BCUT2D eigenvalue weighted by molar-refractivity contribution is 5.71. The van der Waals surface area contributed by atoms with E-state index < -0.39 is 6.10 Å². The lowest BCUT2D eigenvalue weighted by Crippen LogP contribution is -2.30. The van der Waals surface area contributed by atoms with Crippen molar-refractivity contribution in [2.45, 2.75) is 271 Å². The van der Waals surface area contributed by atoms with Gasteiger partial charge in [-0.3, -0.25) is 14.4 Å². The summed E-state index contributed by atoms with van der Waals surface area (Å²) >= 11 is 0. The van der Waals surface area contributed by atoms with Crippen LogP contribution in [-0.4, -0.2) is 37.2 Å². The smallest absolute Gasteiger partial charge is 0.306 e. The Morgan fingerprint density at radius 3 is 0.857 bits per heavy atom. The largest absolute Gasteiger partial charge is 0.462 e. The molecule has 0 fully saturated rings. The van der Waals surface area contributed by atoms with Crippen molar-refractivity contribution < 1.29 is 28.6 Å². The lowest BCUT2D eigenvalue weighted by molar-refractivity contribution is -0.167. The van der Waals surface area contributed by atoms with Gasteiger partial charge < -0.3 is 14.2 Å². The van der Waals surface area contributed by atoms with Gasteiger partial charge in [-0.1, -0.05) is 256 Å². The Kier molecular flexibility index (Phi) is 59.9. The van der Waals surface area contributed by atoms with Crippen molar-refractivity contribution in [3.8, 4) is 0 Å². The summed E-state index contributed by atoms with van der Waals surface area (Å²) in [5.41, 5.74) is 0. The van der Waals surface area contributed by atoms with Crippen molar-refractivity contribution in [3.05, 3.63) is 146 Å². The summed E-state index contributed by atoms with van der Waals surface area (Å²) in [5, 5.41) is 0. The molecule has 0 spiro atoms. The third-order valence-electron chi connectivity index (χ3n) is 12.8. The highest BCUT2D eigenvalue weighted by Gasteiger charge is 2.19. The van der Waals surface area contributed by atoms with Crippen LogP contribution in [-0.2, 0) is 28.6 Å². The van der Waals surface area contributed by atoms with Crippen molar-refractivity contribution >= 4 is 17.9 Å². The van der Waals surface area contributed by atoms with Gasteiger partial charge in [-0.15, -0.1) is 0 Å². The second-order valence-corrected chi connectivity index (χ2v) is 20.2. The predicted octanol–water partition coefficient (Wildman–Crippen LogP) is 21.5. The molecule has 0 aromatic heterocycles. The first kappa shape index (κ1) is 72.3. The van der Waals surface area contributed by atoms with Crippen molar-refractivity contribution in [1.29, 1.82) is 0 Å². The number of esters is 3. The zero-order valence-corrected chi connectivity index (χ0v) is 49.7. The number of hydrogen-bond acceptors (Lipinski definition) is 6. The number of allylic oxidation sites excluding steroid dienone is 24. The van der Waals surface area contributed by atoms with E-state index in [1.165, 1.54) is 83.5 Å². The molecule has 0 bridgehead atoms.